The number of anilines is 1. The van der Waals surface area contributed by atoms with Gasteiger partial charge in [-0.2, -0.15) is 5.10 Å². The van der Waals surface area contributed by atoms with Gasteiger partial charge < -0.3 is 9.64 Å². The van der Waals surface area contributed by atoms with E-state index in [2.05, 4.69) is 38.1 Å². The molecule has 4 aromatic rings. The normalized spacial score (nSPS) is 17.6. The number of rotatable bonds is 6. The molecule has 1 saturated heterocycles. The van der Waals surface area contributed by atoms with Crippen LogP contribution < -0.4 is 9.64 Å². The SMILES string of the molecule is COc1ccc(-n2nc(-c3ccccc3)c3c2N(CC(=O)N2CCC(C)CC2)C(=O)CS[C@@H]3c2ccccc2C)cc1. The minimum Gasteiger partial charge on any atom is -0.497 e. The molecule has 0 N–H and O–H groups in total. The summed E-state index contributed by atoms with van der Waals surface area (Å²) in [5.74, 6) is 2.14. The lowest BCUT2D eigenvalue weighted by atomic mass is 9.96. The lowest BCUT2D eigenvalue weighted by Gasteiger charge is -2.32. The number of methoxy groups -OCH3 is 1. The fraction of sp³-hybridized carbons (Fsp3) is 0.324. The van der Waals surface area contributed by atoms with Crippen LogP contribution in [0.3, 0.4) is 0 Å². The van der Waals surface area contributed by atoms with Gasteiger partial charge in [-0.3, -0.25) is 14.5 Å². The molecule has 1 aromatic heterocycles. The largest absolute Gasteiger partial charge is 0.497 e. The second kappa shape index (κ2) is 12.1. The second-order valence-electron chi connectivity index (χ2n) is 11.2. The number of piperidine rings is 1. The van der Waals surface area contributed by atoms with Gasteiger partial charge in [0.2, 0.25) is 11.8 Å². The van der Waals surface area contributed by atoms with Crippen molar-refractivity contribution in [3.8, 4) is 22.7 Å². The number of benzene rings is 3. The number of hydrogen-bond donors (Lipinski definition) is 0. The molecule has 1 fully saturated rings. The lowest BCUT2D eigenvalue weighted by Crippen LogP contribution is -2.46. The zero-order valence-corrected chi connectivity index (χ0v) is 25.1. The Labute approximate surface area is 251 Å². The topological polar surface area (TPSA) is 67.7 Å². The van der Waals surface area contributed by atoms with E-state index in [9.17, 15) is 9.59 Å². The van der Waals surface area contributed by atoms with E-state index in [0.29, 0.717) is 11.7 Å². The molecule has 1 atom stereocenters. The maximum atomic E-state index is 14.0. The molecule has 0 radical (unpaired) electrons. The van der Waals surface area contributed by atoms with Crippen LogP contribution in [-0.4, -0.2) is 59.0 Å². The number of fused-ring (bicyclic) bond motifs is 1. The third-order valence-corrected chi connectivity index (χ3v) is 9.59. The van der Waals surface area contributed by atoms with Crippen LogP contribution in [0.15, 0.2) is 78.9 Å². The predicted molar refractivity (Wildman–Crippen MR) is 168 cm³/mol. The third kappa shape index (κ3) is 5.43. The Morgan fingerprint density at radius 2 is 1.67 bits per heavy atom. The maximum absolute atomic E-state index is 14.0. The van der Waals surface area contributed by atoms with Gasteiger partial charge in [0, 0.05) is 24.2 Å². The van der Waals surface area contributed by atoms with E-state index in [1.165, 1.54) is 0 Å². The molecular weight excluding hydrogens is 544 g/mol. The number of amides is 2. The summed E-state index contributed by atoms with van der Waals surface area (Å²) >= 11 is 1.60. The zero-order valence-electron chi connectivity index (χ0n) is 24.3. The third-order valence-electron chi connectivity index (χ3n) is 8.35. The Kier molecular flexibility index (Phi) is 8.07. The minimum absolute atomic E-state index is 0.0165. The number of ether oxygens (including phenoxy) is 1. The van der Waals surface area contributed by atoms with Gasteiger partial charge in [0.15, 0.2) is 0 Å². The fourth-order valence-electron chi connectivity index (χ4n) is 5.85. The van der Waals surface area contributed by atoms with Gasteiger partial charge in [-0.25, -0.2) is 4.68 Å². The van der Waals surface area contributed by atoms with Crippen LogP contribution in [0.1, 0.15) is 41.7 Å². The predicted octanol–water partition coefficient (Wildman–Crippen LogP) is 6.28. The van der Waals surface area contributed by atoms with E-state index in [0.717, 1.165) is 65.3 Å². The average molecular weight is 581 g/mol. The van der Waals surface area contributed by atoms with Crippen molar-refractivity contribution >= 4 is 29.4 Å². The van der Waals surface area contributed by atoms with Gasteiger partial charge in [0.1, 0.15) is 18.1 Å². The van der Waals surface area contributed by atoms with Crippen molar-refractivity contribution in [3.05, 3.63) is 95.6 Å². The summed E-state index contributed by atoms with van der Waals surface area (Å²) in [7, 11) is 1.64. The molecule has 0 spiro atoms. The molecule has 0 bridgehead atoms. The number of thioether (sulfide) groups is 1. The van der Waals surface area contributed by atoms with Gasteiger partial charge in [-0.1, -0.05) is 61.5 Å². The summed E-state index contributed by atoms with van der Waals surface area (Å²) < 4.78 is 7.26. The highest BCUT2D eigenvalue weighted by molar-refractivity contribution is 8.00. The Balaban J connectivity index is 1.56. The number of nitrogens with zero attached hydrogens (tertiary/aromatic N) is 4. The van der Waals surface area contributed by atoms with Crippen LogP contribution in [0, 0.1) is 12.8 Å². The molecule has 6 rings (SSSR count). The van der Waals surface area contributed by atoms with E-state index in [1.807, 2.05) is 64.2 Å². The first-order chi connectivity index (χ1) is 20.4. The number of carbonyl (C=O) groups is 2. The summed E-state index contributed by atoms with van der Waals surface area (Å²) in [6.45, 7) is 5.77. The molecule has 0 unspecified atom stereocenters. The van der Waals surface area contributed by atoms with Crippen molar-refractivity contribution in [3.63, 3.8) is 0 Å². The molecule has 42 heavy (non-hydrogen) atoms. The van der Waals surface area contributed by atoms with Crippen molar-refractivity contribution in [2.75, 3.05) is 37.4 Å². The van der Waals surface area contributed by atoms with E-state index in [1.54, 1.807) is 23.8 Å². The van der Waals surface area contributed by atoms with Gasteiger partial charge in [-0.15, -0.1) is 11.8 Å². The van der Waals surface area contributed by atoms with Crippen molar-refractivity contribution in [1.82, 2.24) is 14.7 Å². The minimum atomic E-state index is -0.150. The first kappa shape index (κ1) is 28.1. The monoisotopic (exact) mass is 580 g/mol. The maximum Gasteiger partial charge on any atom is 0.242 e. The number of likely N-dealkylation sites (tertiary alicyclic amines) is 1. The van der Waals surface area contributed by atoms with Crippen molar-refractivity contribution < 1.29 is 14.3 Å². The van der Waals surface area contributed by atoms with Crippen LogP contribution in [-0.2, 0) is 9.59 Å². The Bertz CT molecular complexity index is 1580. The molecule has 8 heteroatoms. The fourth-order valence-corrected chi connectivity index (χ4v) is 7.14. The molecule has 7 nitrogen and oxygen atoms in total. The first-order valence-corrected chi connectivity index (χ1v) is 15.6. The van der Waals surface area contributed by atoms with Crippen LogP contribution >= 0.6 is 11.8 Å². The van der Waals surface area contributed by atoms with Gasteiger partial charge in [0.25, 0.3) is 0 Å². The Hall–Kier alpha value is -4.04. The van der Waals surface area contributed by atoms with Crippen molar-refractivity contribution in [2.24, 2.45) is 5.92 Å². The van der Waals surface area contributed by atoms with Crippen LogP contribution in [0.25, 0.3) is 16.9 Å². The van der Waals surface area contributed by atoms with Gasteiger partial charge in [-0.05, 0) is 61.1 Å². The Morgan fingerprint density at radius 1 is 0.976 bits per heavy atom. The van der Waals surface area contributed by atoms with Crippen LogP contribution in [0.4, 0.5) is 5.82 Å². The summed E-state index contributed by atoms with van der Waals surface area (Å²) in [6, 6.07) is 26.1. The van der Waals surface area contributed by atoms with E-state index < -0.39 is 0 Å². The van der Waals surface area contributed by atoms with Crippen molar-refractivity contribution in [2.45, 2.75) is 31.9 Å². The lowest BCUT2D eigenvalue weighted by molar-refractivity contribution is -0.132. The number of aryl methyl sites for hydroxylation is 1. The summed E-state index contributed by atoms with van der Waals surface area (Å²) in [5.41, 5.74) is 5.80. The second-order valence-corrected chi connectivity index (χ2v) is 12.2. The standard InChI is InChI=1S/C34H36N4O3S/c1-23-17-19-36(20-18-23)29(39)21-37-30(40)22-42-33(28-12-8-7-9-24(28)2)31-32(25-10-5-4-6-11-25)35-38(34(31)37)26-13-15-27(41-3)16-14-26/h4-16,23,33H,17-22H2,1-3H3/t33-/m1/s1. The number of hydrogen-bond acceptors (Lipinski definition) is 5. The van der Waals surface area contributed by atoms with Crippen molar-refractivity contribution in [1.29, 1.82) is 0 Å². The summed E-state index contributed by atoms with van der Waals surface area (Å²) in [5, 5.41) is 5.04. The van der Waals surface area contributed by atoms with E-state index in [4.69, 9.17) is 9.84 Å². The molecule has 2 aliphatic rings. The van der Waals surface area contributed by atoms with E-state index >= 15 is 0 Å². The average Bonchev–Trinajstić information content (AvgIpc) is 3.35. The quantitative estimate of drug-likeness (QED) is 0.268. The molecule has 0 aliphatic carbocycles. The van der Waals surface area contributed by atoms with Gasteiger partial charge in [0.05, 0.1) is 29.5 Å². The molecule has 3 heterocycles. The van der Waals surface area contributed by atoms with Gasteiger partial charge >= 0.3 is 0 Å². The highest BCUT2D eigenvalue weighted by Gasteiger charge is 2.38. The molecule has 2 aliphatic heterocycles. The smallest absolute Gasteiger partial charge is 0.242 e. The molecular formula is C34H36N4O3S. The molecule has 3 aromatic carbocycles. The van der Waals surface area contributed by atoms with Crippen LogP contribution in [0.5, 0.6) is 5.75 Å². The summed E-state index contributed by atoms with van der Waals surface area (Å²) in [6.07, 6.45) is 1.97. The molecule has 216 valence electrons. The summed E-state index contributed by atoms with van der Waals surface area (Å²) in [4.78, 5) is 31.3. The Morgan fingerprint density at radius 3 is 2.36 bits per heavy atom. The van der Waals surface area contributed by atoms with E-state index in [-0.39, 0.29) is 29.4 Å². The highest BCUT2D eigenvalue weighted by Crippen LogP contribution is 2.49. The van der Waals surface area contributed by atoms with Crippen LogP contribution in [0.2, 0.25) is 0 Å². The molecule has 2 amide bonds. The number of carbonyl (C=O) groups excluding carboxylic acids is 2. The molecule has 0 saturated carbocycles. The number of aromatic nitrogens is 2. The highest BCUT2D eigenvalue weighted by atomic mass is 32.2. The first-order valence-electron chi connectivity index (χ1n) is 14.5. The zero-order chi connectivity index (χ0) is 29.2.